The lowest BCUT2D eigenvalue weighted by Crippen LogP contribution is -2.35. The van der Waals surface area contributed by atoms with Gasteiger partial charge in [-0.2, -0.15) is 0 Å². The maximum Gasteiger partial charge on any atom is 0.0346 e. The molecule has 1 N–H and O–H groups in total. The third-order valence-corrected chi connectivity index (χ3v) is 3.76. The van der Waals surface area contributed by atoms with Crippen LogP contribution in [0.5, 0.6) is 0 Å². The van der Waals surface area contributed by atoms with E-state index in [9.17, 15) is 0 Å². The molecule has 1 heteroatoms. The van der Waals surface area contributed by atoms with Gasteiger partial charge in [0.15, 0.2) is 0 Å². The fourth-order valence-corrected chi connectivity index (χ4v) is 2.78. The van der Waals surface area contributed by atoms with Gasteiger partial charge in [0.1, 0.15) is 0 Å². The zero-order chi connectivity index (χ0) is 11.7. The molecule has 0 spiro atoms. The molecule has 2 unspecified atom stereocenters. The molecule has 0 fully saturated rings. The van der Waals surface area contributed by atoms with Crippen LogP contribution in [-0.4, -0.2) is 6.54 Å². The highest BCUT2D eigenvalue weighted by Crippen LogP contribution is 2.35. The van der Waals surface area contributed by atoms with E-state index in [4.69, 9.17) is 0 Å². The van der Waals surface area contributed by atoms with Crippen LogP contribution in [0.1, 0.15) is 55.8 Å². The van der Waals surface area contributed by atoms with Crippen LogP contribution < -0.4 is 5.32 Å². The number of aryl methyl sites for hydroxylation is 1. The van der Waals surface area contributed by atoms with E-state index in [1.54, 1.807) is 5.56 Å². The van der Waals surface area contributed by atoms with Crippen molar-refractivity contribution in [3.63, 3.8) is 0 Å². The molecule has 1 nitrogen and oxygen atoms in total. The standard InChI is InChI=1S/C15H23N/c1-5-12-9-16-15(10(2)3)14-8-11(4)6-7-13(12)14/h6-8,10,12,15-16H,5,9H2,1-4H3. The van der Waals surface area contributed by atoms with E-state index in [0.29, 0.717) is 17.9 Å². The zero-order valence-electron chi connectivity index (χ0n) is 10.9. The van der Waals surface area contributed by atoms with E-state index in [-0.39, 0.29) is 0 Å². The molecule has 0 aliphatic carbocycles. The molecule has 2 atom stereocenters. The first-order chi connectivity index (χ1) is 7.63. The first-order valence-electron chi connectivity index (χ1n) is 6.47. The molecule has 88 valence electrons. The minimum Gasteiger partial charge on any atom is -0.309 e. The maximum absolute atomic E-state index is 3.70. The van der Waals surface area contributed by atoms with Gasteiger partial charge in [0, 0.05) is 12.6 Å². The van der Waals surface area contributed by atoms with E-state index < -0.39 is 0 Å². The highest BCUT2D eigenvalue weighted by molar-refractivity contribution is 5.38. The van der Waals surface area contributed by atoms with Crippen LogP contribution >= 0.6 is 0 Å². The SMILES string of the molecule is CCC1CNC(C(C)C)c2cc(C)ccc21. The molecular formula is C15H23N. The highest BCUT2D eigenvalue weighted by atomic mass is 14.9. The van der Waals surface area contributed by atoms with Gasteiger partial charge in [-0.05, 0) is 36.3 Å². The van der Waals surface area contributed by atoms with Crippen molar-refractivity contribution in [3.8, 4) is 0 Å². The van der Waals surface area contributed by atoms with E-state index >= 15 is 0 Å². The molecule has 1 heterocycles. The Bertz CT molecular complexity index is 368. The molecule has 0 saturated heterocycles. The van der Waals surface area contributed by atoms with Gasteiger partial charge < -0.3 is 5.32 Å². The first kappa shape index (κ1) is 11.7. The van der Waals surface area contributed by atoms with Crippen LogP contribution in [0.3, 0.4) is 0 Å². The summed E-state index contributed by atoms with van der Waals surface area (Å²) in [6, 6.07) is 7.51. The minimum absolute atomic E-state index is 0.540. The van der Waals surface area contributed by atoms with E-state index in [0.717, 1.165) is 6.54 Å². The summed E-state index contributed by atoms with van der Waals surface area (Å²) in [5.74, 6) is 1.36. The van der Waals surface area contributed by atoms with Crippen molar-refractivity contribution in [2.24, 2.45) is 5.92 Å². The molecule has 0 amide bonds. The Kier molecular flexibility index (Phi) is 3.34. The molecule has 0 aromatic heterocycles. The number of nitrogens with one attached hydrogen (secondary N) is 1. The van der Waals surface area contributed by atoms with Gasteiger partial charge in [0.05, 0.1) is 0 Å². The monoisotopic (exact) mass is 217 g/mol. The Morgan fingerprint density at radius 3 is 2.69 bits per heavy atom. The average Bonchev–Trinajstić information content (AvgIpc) is 2.26. The Labute approximate surface area is 99.3 Å². The number of benzene rings is 1. The van der Waals surface area contributed by atoms with Crippen LogP contribution in [0.15, 0.2) is 18.2 Å². The largest absolute Gasteiger partial charge is 0.309 e. The normalized spacial score (nSPS) is 24.6. The van der Waals surface area contributed by atoms with Crippen molar-refractivity contribution in [2.75, 3.05) is 6.54 Å². The lowest BCUT2D eigenvalue weighted by molar-refractivity contribution is 0.366. The van der Waals surface area contributed by atoms with E-state index in [1.165, 1.54) is 17.5 Å². The third kappa shape index (κ3) is 2.01. The lowest BCUT2D eigenvalue weighted by atomic mass is 9.81. The van der Waals surface area contributed by atoms with Crippen LogP contribution in [0.2, 0.25) is 0 Å². The maximum atomic E-state index is 3.70. The Hall–Kier alpha value is -0.820. The molecule has 0 saturated carbocycles. The highest BCUT2D eigenvalue weighted by Gasteiger charge is 2.27. The van der Waals surface area contributed by atoms with Crippen molar-refractivity contribution < 1.29 is 0 Å². The van der Waals surface area contributed by atoms with Crippen LogP contribution in [-0.2, 0) is 0 Å². The molecule has 0 bridgehead atoms. The average molecular weight is 217 g/mol. The van der Waals surface area contributed by atoms with Gasteiger partial charge in [-0.25, -0.2) is 0 Å². The van der Waals surface area contributed by atoms with Gasteiger partial charge in [0.2, 0.25) is 0 Å². The molecule has 16 heavy (non-hydrogen) atoms. The smallest absolute Gasteiger partial charge is 0.0346 e. The van der Waals surface area contributed by atoms with E-state index in [2.05, 4.69) is 51.2 Å². The van der Waals surface area contributed by atoms with Crippen molar-refractivity contribution in [1.82, 2.24) is 5.32 Å². The molecule has 1 aliphatic heterocycles. The Morgan fingerprint density at radius 2 is 2.06 bits per heavy atom. The summed E-state index contributed by atoms with van der Waals surface area (Å²) < 4.78 is 0. The summed E-state index contributed by atoms with van der Waals surface area (Å²) in [7, 11) is 0. The quantitative estimate of drug-likeness (QED) is 0.794. The van der Waals surface area contributed by atoms with Crippen LogP contribution in [0.4, 0.5) is 0 Å². The number of hydrogen-bond donors (Lipinski definition) is 1. The molecule has 2 rings (SSSR count). The van der Waals surface area contributed by atoms with Gasteiger partial charge in [-0.3, -0.25) is 0 Å². The van der Waals surface area contributed by atoms with Gasteiger partial charge in [0.25, 0.3) is 0 Å². The fraction of sp³-hybridized carbons (Fsp3) is 0.600. The predicted octanol–water partition coefficient (Wildman–Crippen LogP) is 3.79. The second kappa shape index (κ2) is 4.58. The summed E-state index contributed by atoms with van der Waals surface area (Å²) in [5.41, 5.74) is 4.49. The number of fused-ring (bicyclic) bond motifs is 1. The summed E-state index contributed by atoms with van der Waals surface area (Å²) in [4.78, 5) is 0. The van der Waals surface area contributed by atoms with Crippen LogP contribution in [0.25, 0.3) is 0 Å². The van der Waals surface area contributed by atoms with Gasteiger partial charge in [-0.1, -0.05) is 44.5 Å². The molecule has 1 aromatic rings. The summed E-state index contributed by atoms with van der Waals surface area (Å²) in [5, 5.41) is 3.70. The van der Waals surface area contributed by atoms with Crippen molar-refractivity contribution in [3.05, 3.63) is 34.9 Å². The second-order valence-corrected chi connectivity index (χ2v) is 5.37. The molecule has 0 radical (unpaired) electrons. The Morgan fingerprint density at radius 1 is 1.31 bits per heavy atom. The first-order valence-corrected chi connectivity index (χ1v) is 6.47. The number of hydrogen-bond acceptors (Lipinski definition) is 1. The summed E-state index contributed by atoms with van der Waals surface area (Å²) in [6.07, 6.45) is 1.23. The van der Waals surface area contributed by atoms with Crippen molar-refractivity contribution >= 4 is 0 Å². The molecular weight excluding hydrogens is 194 g/mol. The summed E-state index contributed by atoms with van der Waals surface area (Å²) >= 11 is 0. The zero-order valence-corrected chi connectivity index (χ0v) is 10.9. The predicted molar refractivity (Wildman–Crippen MR) is 69.8 cm³/mol. The summed E-state index contributed by atoms with van der Waals surface area (Å²) in [6.45, 7) is 10.2. The molecule has 1 aliphatic rings. The Balaban J connectivity index is 2.44. The van der Waals surface area contributed by atoms with Gasteiger partial charge >= 0.3 is 0 Å². The van der Waals surface area contributed by atoms with Crippen molar-refractivity contribution in [1.29, 1.82) is 0 Å². The molecule has 1 aromatic carbocycles. The van der Waals surface area contributed by atoms with E-state index in [1.807, 2.05) is 0 Å². The number of rotatable bonds is 2. The third-order valence-electron chi connectivity index (χ3n) is 3.76. The lowest BCUT2D eigenvalue weighted by Gasteiger charge is -2.35. The van der Waals surface area contributed by atoms with Crippen molar-refractivity contribution in [2.45, 2.75) is 46.1 Å². The van der Waals surface area contributed by atoms with Gasteiger partial charge in [-0.15, -0.1) is 0 Å². The topological polar surface area (TPSA) is 12.0 Å². The second-order valence-electron chi connectivity index (χ2n) is 5.37. The van der Waals surface area contributed by atoms with Crippen LogP contribution in [0, 0.1) is 12.8 Å². The minimum atomic E-state index is 0.540. The fourth-order valence-electron chi connectivity index (χ4n) is 2.78.